The van der Waals surface area contributed by atoms with Crippen LogP contribution in [0.25, 0.3) is 10.9 Å². The molecule has 4 aromatic rings. The lowest BCUT2D eigenvalue weighted by atomic mass is 10.1. The average molecular weight is 376 g/mol. The van der Waals surface area contributed by atoms with E-state index in [9.17, 15) is 4.39 Å². The average Bonchev–Trinajstić information content (AvgIpc) is 3.23. The molecule has 0 saturated carbocycles. The highest BCUT2D eigenvalue weighted by Gasteiger charge is 2.07. The number of H-pyrrole nitrogens is 1. The van der Waals surface area contributed by atoms with Gasteiger partial charge in [-0.1, -0.05) is 24.3 Å². The number of nitrogens with zero attached hydrogens (tertiary/aromatic N) is 3. The van der Waals surface area contributed by atoms with Crippen molar-refractivity contribution < 1.29 is 4.39 Å². The quantitative estimate of drug-likeness (QED) is 0.436. The normalized spacial score (nSPS) is 10.9. The number of imidazole rings is 1. The maximum Gasteiger partial charge on any atom is 0.225 e. The summed E-state index contributed by atoms with van der Waals surface area (Å²) in [5.74, 6) is 1.15. The van der Waals surface area contributed by atoms with Crippen LogP contribution in [0.3, 0.4) is 0 Å². The minimum absolute atomic E-state index is 0.222. The molecule has 0 aliphatic heterocycles. The van der Waals surface area contributed by atoms with E-state index in [-0.39, 0.29) is 5.82 Å². The molecule has 28 heavy (non-hydrogen) atoms. The van der Waals surface area contributed by atoms with Gasteiger partial charge in [-0.3, -0.25) is 0 Å². The van der Waals surface area contributed by atoms with Gasteiger partial charge in [-0.25, -0.2) is 14.4 Å². The van der Waals surface area contributed by atoms with E-state index >= 15 is 0 Å². The molecule has 0 aliphatic rings. The molecule has 4 rings (SSSR count). The van der Waals surface area contributed by atoms with Gasteiger partial charge in [-0.15, -0.1) is 0 Å². The number of halogens is 1. The van der Waals surface area contributed by atoms with Crippen molar-refractivity contribution in [2.24, 2.45) is 0 Å². The molecule has 7 heteroatoms. The van der Waals surface area contributed by atoms with Crippen molar-refractivity contribution in [3.8, 4) is 0 Å². The smallest absolute Gasteiger partial charge is 0.225 e. The molecular weight excluding hydrogens is 355 g/mol. The molecule has 0 spiro atoms. The van der Waals surface area contributed by atoms with Crippen molar-refractivity contribution in [3.05, 3.63) is 78.1 Å². The van der Waals surface area contributed by atoms with E-state index in [1.54, 1.807) is 18.5 Å². The first-order valence-corrected chi connectivity index (χ1v) is 9.24. The number of para-hydroxylation sites is 1. The van der Waals surface area contributed by atoms with Crippen LogP contribution in [0.2, 0.25) is 0 Å². The van der Waals surface area contributed by atoms with Crippen molar-refractivity contribution in [2.75, 3.05) is 23.7 Å². The van der Waals surface area contributed by atoms with E-state index in [0.29, 0.717) is 12.5 Å². The third-order valence-electron chi connectivity index (χ3n) is 4.44. The van der Waals surface area contributed by atoms with Gasteiger partial charge in [0.15, 0.2) is 0 Å². The fourth-order valence-corrected chi connectivity index (χ4v) is 3.00. The van der Waals surface area contributed by atoms with Gasteiger partial charge in [0, 0.05) is 31.1 Å². The lowest BCUT2D eigenvalue weighted by molar-refractivity contribution is 0.627. The summed E-state index contributed by atoms with van der Waals surface area (Å²) >= 11 is 0. The van der Waals surface area contributed by atoms with Crippen LogP contribution in [-0.2, 0) is 12.8 Å². The molecule has 0 bridgehead atoms. The Morgan fingerprint density at radius 3 is 2.54 bits per heavy atom. The molecule has 2 aromatic heterocycles. The van der Waals surface area contributed by atoms with Crippen LogP contribution in [0, 0.1) is 5.82 Å². The van der Waals surface area contributed by atoms with Crippen molar-refractivity contribution in [1.29, 1.82) is 0 Å². The van der Waals surface area contributed by atoms with Crippen molar-refractivity contribution in [3.63, 3.8) is 0 Å². The molecule has 2 heterocycles. The molecule has 142 valence electrons. The molecule has 0 radical (unpaired) electrons. The highest BCUT2D eigenvalue weighted by Crippen LogP contribution is 2.21. The Bertz CT molecular complexity index is 1030. The minimum atomic E-state index is -0.222. The zero-order valence-electron chi connectivity index (χ0n) is 15.3. The fraction of sp³-hybridized carbons (Fsp3) is 0.190. The summed E-state index contributed by atoms with van der Waals surface area (Å²) < 4.78 is 13.0. The Morgan fingerprint density at radius 1 is 0.893 bits per heavy atom. The zero-order chi connectivity index (χ0) is 19.2. The van der Waals surface area contributed by atoms with Gasteiger partial charge in [-0.2, -0.15) is 4.98 Å². The summed E-state index contributed by atoms with van der Waals surface area (Å²) in [5.41, 5.74) is 2.94. The van der Waals surface area contributed by atoms with Crippen LogP contribution in [0.4, 0.5) is 16.2 Å². The number of anilines is 2. The third kappa shape index (κ3) is 4.43. The van der Waals surface area contributed by atoms with Gasteiger partial charge < -0.3 is 15.6 Å². The summed E-state index contributed by atoms with van der Waals surface area (Å²) in [4.78, 5) is 16.4. The number of benzene rings is 2. The Balaban J connectivity index is 1.44. The van der Waals surface area contributed by atoms with Gasteiger partial charge in [0.25, 0.3) is 0 Å². The Kier molecular flexibility index (Phi) is 5.42. The summed E-state index contributed by atoms with van der Waals surface area (Å²) in [6.07, 6.45) is 5.13. The molecule has 0 atom stereocenters. The van der Waals surface area contributed by atoms with Crippen LogP contribution in [0.5, 0.6) is 0 Å². The maximum atomic E-state index is 13.0. The number of aromatic amines is 1. The predicted octanol–water partition coefficient (Wildman–Crippen LogP) is 3.80. The largest absolute Gasteiger partial charge is 0.369 e. The van der Waals surface area contributed by atoms with Gasteiger partial charge >= 0.3 is 0 Å². The molecule has 0 unspecified atom stereocenters. The number of fused-ring (bicyclic) bond motifs is 1. The van der Waals surface area contributed by atoms with Crippen LogP contribution < -0.4 is 10.6 Å². The fourth-order valence-electron chi connectivity index (χ4n) is 3.00. The topological polar surface area (TPSA) is 78.5 Å². The molecule has 3 N–H and O–H groups in total. The second-order valence-electron chi connectivity index (χ2n) is 6.45. The van der Waals surface area contributed by atoms with Crippen molar-refractivity contribution >= 4 is 22.7 Å². The maximum absolute atomic E-state index is 13.0. The Labute approximate surface area is 162 Å². The number of aromatic nitrogens is 4. The Morgan fingerprint density at radius 2 is 1.71 bits per heavy atom. The highest BCUT2D eigenvalue weighted by molar-refractivity contribution is 5.90. The van der Waals surface area contributed by atoms with Gasteiger partial charge in [0.1, 0.15) is 11.6 Å². The lowest BCUT2D eigenvalue weighted by Crippen LogP contribution is -2.12. The monoisotopic (exact) mass is 376 g/mol. The molecule has 0 amide bonds. The van der Waals surface area contributed by atoms with Gasteiger partial charge in [0.05, 0.1) is 17.5 Å². The van der Waals surface area contributed by atoms with E-state index in [0.717, 1.165) is 47.4 Å². The summed E-state index contributed by atoms with van der Waals surface area (Å²) in [7, 11) is 0. The first-order valence-electron chi connectivity index (χ1n) is 9.24. The number of hydrogen-bond donors (Lipinski definition) is 3. The molecular formula is C21H21FN6. The third-order valence-corrected chi connectivity index (χ3v) is 4.44. The van der Waals surface area contributed by atoms with E-state index in [4.69, 9.17) is 0 Å². The molecule has 0 aliphatic carbocycles. The summed E-state index contributed by atoms with van der Waals surface area (Å²) in [5, 5.41) is 7.65. The van der Waals surface area contributed by atoms with Crippen LogP contribution in [-0.4, -0.2) is 33.0 Å². The zero-order valence-corrected chi connectivity index (χ0v) is 15.3. The molecule has 6 nitrogen and oxygen atoms in total. The highest BCUT2D eigenvalue weighted by atomic mass is 19.1. The van der Waals surface area contributed by atoms with Crippen LogP contribution in [0.1, 0.15) is 11.3 Å². The van der Waals surface area contributed by atoms with E-state index in [1.807, 2.05) is 30.5 Å². The van der Waals surface area contributed by atoms with Crippen molar-refractivity contribution in [1.82, 2.24) is 19.9 Å². The summed E-state index contributed by atoms with van der Waals surface area (Å²) in [6.45, 7) is 1.39. The van der Waals surface area contributed by atoms with E-state index < -0.39 is 0 Å². The molecule has 0 fully saturated rings. The van der Waals surface area contributed by atoms with Crippen molar-refractivity contribution in [2.45, 2.75) is 12.8 Å². The lowest BCUT2D eigenvalue weighted by Gasteiger charge is -2.11. The minimum Gasteiger partial charge on any atom is -0.369 e. The second-order valence-corrected chi connectivity index (χ2v) is 6.45. The van der Waals surface area contributed by atoms with Crippen LogP contribution >= 0.6 is 0 Å². The van der Waals surface area contributed by atoms with E-state index in [2.05, 4.69) is 30.6 Å². The predicted molar refractivity (Wildman–Crippen MR) is 109 cm³/mol. The van der Waals surface area contributed by atoms with Gasteiger partial charge in [-0.05, 0) is 36.2 Å². The first-order chi connectivity index (χ1) is 13.8. The van der Waals surface area contributed by atoms with Crippen LogP contribution in [0.15, 0.2) is 61.1 Å². The molecule has 0 saturated heterocycles. The first kappa shape index (κ1) is 17.9. The SMILES string of the molecule is Fc1ccc(CCNc2nc(NCCc3c[nH]cn3)c3ccccc3n2)cc1. The Hall–Kier alpha value is -3.48. The summed E-state index contributed by atoms with van der Waals surface area (Å²) in [6, 6.07) is 14.5. The van der Waals surface area contributed by atoms with Gasteiger partial charge in [0.2, 0.25) is 5.95 Å². The number of rotatable bonds is 8. The number of hydrogen-bond acceptors (Lipinski definition) is 5. The number of nitrogens with one attached hydrogen (secondary N) is 3. The standard InChI is InChI=1S/C21H21FN6/c22-16-7-5-15(6-8-16)9-11-25-21-27-19-4-2-1-3-18(19)20(28-21)24-12-10-17-13-23-14-26-17/h1-8,13-14H,9-12H2,(H,23,26)(H2,24,25,27,28). The van der Waals surface area contributed by atoms with E-state index in [1.165, 1.54) is 12.1 Å². The molecule has 2 aromatic carbocycles. The second kappa shape index (κ2) is 8.47.